The highest BCUT2D eigenvalue weighted by Crippen LogP contribution is 2.23. The number of nitrogens with zero attached hydrogens (tertiary/aromatic N) is 3. The van der Waals surface area contributed by atoms with E-state index in [2.05, 4.69) is 25.7 Å². The number of H-pyrrole nitrogens is 1. The van der Waals surface area contributed by atoms with Gasteiger partial charge in [-0.25, -0.2) is 9.78 Å². The Hall–Kier alpha value is -4.40. The van der Waals surface area contributed by atoms with Crippen LogP contribution >= 0.6 is 0 Å². The molecule has 0 fully saturated rings. The highest BCUT2D eigenvalue weighted by Gasteiger charge is 2.15. The van der Waals surface area contributed by atoms with Crippen LogP contribution in [-0.4, -0.2) is 39.4 Å². The lowest BCUT2D eigenvalue weighted by molar-refractivity contribution is 0.252. The number of benzene rings is 2. The maximum atomic E-state index is 12.6. The van der Waals surface area contributed by atoms with Crippen molar-refractivity contribution in [1.29, 1.82) is 0 Å². The van der Waals surface area contributed by atoms with Crippen LogP contribution in [0.15, 0.2) is 71.5 Å². The molecule has 0 aliphatic heterocycles. The fourth-order valence-corrected chi connectivity index (χ4v) is 3.32. The molecule has 2 heterocycles. The lowest BCUT2D eigenvalue weighted by atomic mass is 10.1. The van der Waals surface area contributed by atoms with Crippen LogP contribution in [0, 0.1) is 6.92 Å². The summed E-state index contributed by atoms with van der Waals surface area (Å²) in [7, 11) is 1.62. The molecule has 0 spiro atoms. The average molecular weight is 444 g/mol. The van der Waals surface area contributed by atoms with Gasteiger partial charge in [0.15, 0.2) is 0 Å². The van der Waals surface area contributed by atoms with E-state index < -0.39 is 0 Å². The Balaban J connectivity index is 1.52. The monoisotopic (exact) mass is 444 g/mol. The normalized spacial score (nSPS) is 10.6. The quantitative estimate of drug-likeness (QED) is 0.405. The van der Waals surface area contributed by atoms with E-state index in [9.17, 15) is 9.59 Å². The summed E-state index contributed by atoms with van der Waals surface area (Å²) in [6, 6.07) is 20.0. The van der Waals surface area contributed by atoms with Gasteiger partial charge in [-0.05, 0) is 31.0 Å². The number of hydrogen-bond acceptors (Lipinski definition) is 5. The molecule has 9 heteroatoms. The van der Waals surface area contributed by atoms with Crippen LogP contribution in [0.3, 0.4) is 0 Å². The lowest BCUT2D eigenvalue weighted by Gasteiger charge is -2.10. The molecule has 0 aliphatic rings. The Bertz CT molecular complexity index is 1300. The molecule has 2 amide bonds. The molecule has 0 saturated heterocycles. The van der Waals surface area contributed by atoms with Crippen molar-refractivity contribution in [1.82, 2.24) is 25.1 Å². The van der Waals surface area contributed by atoms with Crippen molar-refractivity contribution < 1.29 is 9.53 Å². The van der Waals surface area contributed by atoms with E-state index in [-0.39, 0.29) is 17.5 Å². The fraction of sp³-hybridized carbons (Fsp3) is 0.167. The van der Waals surface area contributed by atoms with Gasteiger partial charge in [-0.3, -0.25) is 15.1 Å². The first-order valence-electron chi connectivity index (χ1n) is 10.4. The molecule has 2 aromatic heterocycles. The van der Waals surface area contributed by atoms with Gasteiger partial charge in [0.05, 0.1) is 12.8 Å². The second kappa shape index (κ2) is 9.82. The largest absolute Gasteiger partial charge is 0.497 e. The zero-order valence-corrected chi connectivity index (χ0v) is 18.3. The van der Waals surface area contributed by atoms with Gasteiger partial charge in [-0.15, -0.1) is 0 Å². The Morgan fingerprint density at radius 1 is 1.09 bits per heavy atom. The second-order valence-electron chi connectivity index (χ2n) is 7.38. The van der Waals surface area contributed by atoms with Crippen LogP contribution in [-0.2, 0) is 6.42 Å². The molecule has 3 N–H and O–H groups in total. The first-order chi connectivity index (χ1) is 16.0. The summed E-state index contributed by atoms with van der Waals surface area (Å²) in [5, 5.41) is 10.2. The summed E-state index contributed by atoms with van der Waals surface area (Å²) in [5.74, 6) is 1.38. The van der Waals surface area contributed by atoms with Crippen LogP contribution in [0.5, 0.6) is 5.75 Å². The summed E-state index contributed by atoms with van der Waals surface area (Å²) in [6.45, 7) is 2.16. The van der Waals surface area contributed by atoms with Gasteiger partial charge in [0.25, 0.3) is 5.56 Å². The van der Waals surface area contributed by atoms with E-state index in [4.69, 9.17) is 4.74 Å². The SMILES string of the molecule is COc1ccc(CCNC(=O)Nc2cc(-c3ccccc3)nn2-c2nc(C)cc(=O)[nH]2)cc1. The van der Waals surface area contributed by atoms with Crippen LogP contribution in [0.4, 0.5) is 10.6 Å². The van der Waals surface area contributed by atoms with E-state index in [0.717, 1.165) is 16.9 Å². The van der Waals surface area contributed by atoms with Gasteiger partial charge in [0.1, 0.15) is 11.6 Å². The third-order valence-corrected chi connectivity index (χ3v) is 4.94. The molecule has 0 bridgehead atoms. The van der Waals surface area contributed by atoms with Crippen LogP contribution in [0.1, 0.15) is 11.3 Å². The van der Waals surface area contributed by atoms with E-state index in [1.807, 2.05) is 54.6 Å². The summed E-state index contributed by atoms with van der Waals surface area (Å²) in [4.78, 5) is 31.6. The molecular weight excluding hydrogens is 420 g/mol. The third kappa shape index (κ3) is 5.45. The summed E-state index contributed by atoms with van der Waals surface area (Å²) in [6.07, 6.45) is 0.665. The number of ether oxygens (including phenoxy) is 1. The number of anilines is 1. The molecule has 0 atom stereocenters. The van der Waals surface area contributed by atoms with Crippen molar-refractivity contribution in [2.75, 3.05) is 19.0 Å². The number of carbonyl (C=O) groups is 1. The van der Waals surface area contributed by atoms with Gasteiger partial charge in [-0.1, -0.05) is 42.5 Å². The first kappa shape index (κ1) is 21.8. The van der Waals surface area contributed by atoms with Crippen molar-refractivity contribution >= 4 is 11.8 Å². The Labute approximate surface area is 190 Å². The fourth-order valence-electron chi connectivity index (χ4n) is 3.32. The standard InChI is InChI=1S/C24H24N6O3/c1-16-14-22(31)28-23(26-16)30-21(15-20(29-30)18-6-4-3-5-7-18)27-24(32)25-13-12-17-8-10-19(33-2)11-9-17/h3-11,14-15H,12-13H2,1-2H3,(H2,25,27,32)(H,26,28,31). The number of aromatic nitrogens is 4. The molecule has 4 rings (SSSR count). The maximum Gasteiger partial charge on any atom is 0.320 e. The van der Waals surface area contributed by atoms with Crippen molar-refractivity contribution in [3.8, 4) is 23.0 Å². The van der Waals surface area contributed by atoms with Crippen molar-refractivity contribution in [2.24, 2.45) is 0 Å². The van der Waals surface area contributed by atoms with Gasteiger partial charge in [-0.2, -0.15) is 9.78 Å². The maximum absolute atomic E-state index is 12.6. The predicted molar refractivity (Wildman–Crippen MR) is 126 cm³/mol. The zero-order valence-electron chi connectivity index (χ0n) is 18.3. The molecule has 168 valence electrons. The van der Waals surface area contributed by atoms with Crippen LogP contribution in [0.25, 0.3) is 17.2 Å². The zero-order chi connectivity index (χ0) is 23.2. The highest BCUT2D eigenvalue weighted by molar-refractivity contribution is 5.89. The summed E-state index contributed by atoms with van der Waals surface area (Å²) < 4.78 is 6.58. The number of nitrogens with one attached hydrogen (secondary N) is 3. The number of aromatic amines is 1. The number of aryl methyl sites for hydroxylation is 1. The Morgan fingerprint density at radius 3 is 2.55 bits per heavy atom. The van der Waals surface area contributed by atoms with Crippen molar-refractivity contribution in [2.45, 2.75) is 13.3 Å². The molecule has 0 radical (unpaired) electrons. The predicted octanol–water partition coefficient (Wildman–Crippen LogP) is 3.30. The molecule has 4 aromatic rings. The van der Waals surface area contributed by atoms with E-state index in [1.54, 1.807) is 20.1 Å². The number of amides is 2. The van der Waals surface area contributed by atoms with E-state index in [1.165, 1.54) is 10.7 Å². The van der Waals surface area contributed by atoms with Gasteiger partial charge in [0.2, 0.25) is 5.95 Å². The summed E-state index contributed by atoms with van der Waals surface area (Å²) >= 11 is 0. The molecule has 0 aliphatic carbocycles. The Kier molecular flexibility index (Phi) is 6.49. The van der Waals surface area contributed by atoms with Gasteiger partial charge < -0.3 is 10.1 Å². The smallest absolute Gasteiger partial charge is 0.320 e. The molecule has 2 aromatic carbocycles. The summed E-state index contributed by atoms with van der Waals surface area (Å²) in [5.41, 5.74) is 2.82. The van der Waals surface area contributed by atoms with Crippen LogP contribution in [0.2, 0.25) is 0 Å². The van der Waals surface area contributed by atoms with Gasteiger partial charge >= 0.3 is 6.03 Å². The molecule has 33 heavy (non-hydrogen) atoms. The van der Waals surface area contributed by atoms with E-state index in [0.29, 0.717) is 30.2 Å². The average Bonchev–Trinajstić information content (AvgIpc) is 3.23. The molecular formula is C24H24N6O3. The molecule has 0 saturated carbocycles. The number of carbonyl (C=O) groups excluding carboxylic acids is 1. The minimum absolute atomic E-state index is 0.218. The molecule has 9 nitrogen and oxygen atoms in total. The minimum Gasteiger partial charge on any atom is -0.497 e. The highest BCUT2D eigenvalue weighted by atomic mass is 16.5. The first-order valence-corrected chi connectivity index (χ1v) is 10.4. The van der Waals surface area contributed by atoms with Crippen LogP contribution < -0.4 is 20.9 Å². The number of methoxy groups -OCH3 is 1. The topological polar surface area (TPSA) is 114 Å². The van der Waals surface area contributed by atoms with Gasteiger partial charge in [0, 0.05) is 29.9 Å². The van der Waals surface area contributed by atoms with Crippen molar-refractivity contribution in [3.63, 3.8) is 0 Å². The number of rotatable bonds is 7. The van der Waals surface area contributed by atoms with E-state index >= 15 is 0 Å². The number of hydrogen-bond donors (Lipinski definition) is 3. The van der Waals surface area contributed by atoms with Crippen molar-refractivity contribution in [3.05, 3.63) is 88.3 Å². The number of urea groups is 1. The third-order valence-electron chi connectivity index (χ3n) is 4.94. The molecule has 0 unspecified atom stereocenters. The lowest BCUT2D eigenvalue weighted by Crippen LogP contribution is -2.31. The minimum atomic E-state index is -0.390. The second-order valence-corrected chi connectivity index (χ2v) is 7.38. The Morgan fingerprint density at radius 2 is 1.85 bits per heavy atom.